The van der Waals surface area contributed by atoms with E-state index in [4.69, 9.17) is 26.8 Å². The summed E-state index contributed by atoms with van der Waals surface area (Å²) in [7, 11) is 0. The van der Waals surface area contributed by atoms with Gasteiger partial charge in [0.25, 0.3) is 0 Å². The summed E-state index contributed by atoms with van der Waals surface area (Å²) < 4.78 is 17.9. The Labute approximate surface area is 216 Å². The summed E-state index contributed by atoms with van der Waals surface area (Å²) >= 11 is 4.94. The zero-order valence-corrected chi connectivity index (χ0v) is 23.2. The first kappa shape index (κ1) is 31.1. The molecule has 0 bridgehead atoms. The first-order chi connectivity index (χ1) is 16.7. The van der Waals surface area contributed by atoms with Crippen LogP contribution in [0.1, 0.15) is 111 Å². The monoisotopic (exact) mass is 492 g/mol. The van der Waals surface area contributed by atoms with Crippen LogP contribution in [0.4, 0.5) is 0 Å². The largest absolute Gasteiger partial charge is 0.489 e. The minimum absolute atomic E-state index is 0.0428. The predicted molar refractivity (Wildman–Crippen MR) is 150 cm³/mol. The average molecular weight is 493 g/mol. The van der Waals surface area contributed by atoms with Crippen LogP contribution in [0.5, 0.6) is 5.75 Å². The number of ether oxygens (including phenoxy) is 3. The molecule has 0 spiro atoms. The van der Waals surface area contributed by atoms with Gasteiger partial charge in [0.2, 0.25) is 0 Å². The van der Waals surface area contributed by atoms with Crippen molar-refractivity contribution in [1.29, 1.82) is 0 Å². The summed E-state index contributed by atoms with van der Waals surface area (Å²) in [4.78, 5) is 0. The molecule has 1 aromatic rings. The molecule has 2 atom stereocenters. The standard InChI is InChI=1S/C30H52O3S/c1-4-7-8-9-10-11-12-13-14-15-16-17-18-22-25-29(34)28(26-30(31-5-2)32-6-3)33-27-23-20-19-21-24-27/h13-14,19-21,23-24,28-30,34H,4-12,15-18,22,25-26H2,1-3H3. The van der Waals surface area contributed by atoms with Gasteiger partial charge in [0.05, 0.1) is 0 Å². The fourth-order valence-electron chi connectivity index (χ4n) is 4.14. The average Bonchev–Trinajstić information content (AvgIpc) is 2.84. The van der Waals surface area contributed by atoms with Crippen LogP contribution in [0.2, 0.25) is 0 Å². The number of thiol groups is 1. The van der Waals surface area contributed by atoms with E-state index in [2.05, 4.69) is 19.1 Å². The van der Waals surface area contributed by atoms with Crippen molar-refractivity contribution >= 4 is 12.6 Å². The first-order valence-electron chi connectivity index (χ1n) is 14.0. The van der Waals surface area contributed by atoms with E-state index in [0.29, 0.717) is 19.6 Å². The Hall–Kier alpha value is -0.970. The highest BCUT2D eigenvalue weighted by Crippen LogP contribution is 2.24. The molecule has 0 saturated carbocycles. The number of rotatable bonds is 23. The fraction of sp³-hybridized carbons (Fsp3) is 0.733. The molecule has 0 heterocycles. The van der Waals surface area contributed by atoms with Crippen molar-refractivity contribution in [2.24, 2.45) is 0 Å². The minimum atomic E-state index is -0.249. The van der Waals surface area contributed by atoms with Crippen LogP contribution in [-0.2, 0) is 9.47 Å². The molecule has 1 rings (SSSR count). The summed E-state index contributed by atoms with van der Waals surface area (Å²) in [5, 5.41) is 0.154. The molecular weight excluding hydrogens is 440 g/mol. The van der Waals surface area contributed by atoms with Crippen LogP contribution >= 0.6 is 12.6 Å². The lowest BCUT2D eigenvalue weighted by Crippen LogP contribution is -2.34. The van der Waals surface area contributed by atoms with Crippen LogP contribution in [0, 0.1) is 0 Å². The Morgan fingerprint density at radius 2 is 1.29 bits per heavy atom. The Morgan fingerprint density at radius 3 is 1.88 bits per heavy atom. The van der Waals surface area contributed by atoms with E-state index in [-0.39, 0.29) is 17.6 Å². The molecule has 2 unspecified atom stereocenters. The van der Waals surface area contributed by atoms with E-state index < -0.39 is 0 Å². The molecule has 34 heavy (non-hydrogen) atoms. The maximum absolute atomic E-state index is 6.32. The second kappa shape index (κ2) is 22.5. The van der Waals surface area contributed by atoms with Gasteiger partial charge in [-0.25, -0.2) is 0 Å². The molecule has 0 N–H and O–H groups in total. The van der Waals surface area contributed by atoms with Crippen molar-refractivity contribution in [2.45, 2.75) is 128 Å². The van der Waals surface area contributed by atoms with Crippen LogP contribution in [-0.4, -0.2) is 30.9 Å². The molecule has 0 radical (unpaired) electrons. The van der Waals surface area contributed by atoms with E-state index >= 15 is 0 Å². The SMILES string of the molecule is CCCCCCCCC=CCCCCCCC(S)C(CC(OCC)OCC)Oc1ccccc1. The summed E-state index contributed by atoms with van der Waals surface area (Å²) in [5.74, 6) is 0.881. The quantitative estimate of drug-likeness (QED) is 0.0714. The predicted octanol–water partition coefficient (Wildman–Crippen LogP) is 9.17. The lowest BCUT2D eigenvalue weighted by atomic mass is 10.0. The normalized spacial score (nSPS) is 13.6. The van der Waals surface area contributed by atoms with Crippen molar-refractivity contribution in [1.82, 2.24) is 0 Å². The molecule has 196 valence electrons. The maximum atomic E-state index is 6.32. The third kappa shape index (κ3) is 16.6. The Kier molecular flexibility index (Phi) is 20.5. The number of para-hydroxylation sites is 1. The molecule has 0 saturated heterocycles. The summed E-state index contributed by atoms with van der Waals surface area (Å²) in [5.41, 5.74) is 0. The van der Waals surface area contributed by atoms with Gasteiger partial charge in [0.1, 0.15) is 11.9 Å². The molecule has 0 fully saturated rings. The second-order valence-corrected chi connectivity index (χ2v) is 9.80. The van der Waals surface area contributed by atoms with Crippen molar-refractivity contribution in [3.8, 4) is 5.75 Å². The molecule has 1 aromatic carbocycles. The van der Waals surface area contributed by atoms with Crippen molar-refractivity contribution in [2.75, 3.05) is 13.2 Å². The second-order valence-electron chi connectivity index (χ2n) is 9.13. The number of benzene rings is 1. The van der Waals surface area contributed by atoms with E-state index in [1.165, 1.54) is 77.0 Å². The van der Waals surface area contributed by atoms with Gasteiger partial charge in [-0.05, 0) is 58.1 Å². The topological polar surface area (TPSA) is 27.7 Å². The van der Waals surface area contributed by atoms with E-state index in [1.54, 1.807) is 0 Å². The lowest BCUT2D eigenvalue weighted by Gasteiger charge is -2.28. The number of hydrogen-bond donors (Lipinski definition) is 1. The van der Waals surface area contributed by atoms with Gasteiger partial charge < -0.3 is 14.2 Å². The smallest absolute Gasteiger partial charge is 0.161 e. The highest BCUT2D eigenvalue weighted by molar-refractivity contribution is 7.81. The van der Waals surface area contributed by atoms with Crippen LogP contribution in [0.25, 0.3) is 0 Å². The van der Waals surface area contributed by atoms with Gasteiger partial charge in [-0.3, -0.25) is 0 Å². The Balaban J connectivity index is 2.26. The molecule has 0 aliphatic rings. The van der Waals surface area contributed by atoms with Crippen LogP contribution in [0.3, 0.4) is 0 Å². The van der Waals surface area contributed by atoms with E-state index in [9.17, 15) is 0 Å². The molecule has 3 nitrogen and oxygen atoms in total. The van der Waals surface area contributed by atoms with Crippen LogP contribution in [0.15, 0.2) is 42.5 Å². The number of hydrogen-bond acceptors (Lipinski definition) is 4. The maximum Gasteiger partial charge on any atom is 0.161 e. The van der Waals surface area contributed by atoms with Crippen molar-refractivity contribution < 1.29 is 14.2 Å². The summed E-state index contributed by atoms with van der Waals surface area (Å²) in [6.45, 7) is 7.54. The third-order valence-electron chi connectivity index (χ3n) is 6.10. The summed E-state index contributed by atoms with van der Waals surface area (Å²) in [6, 6.07) is 10.0. The van der Waals surface area contributed by atoms with Gasteiger partial charge in [0, 0.05) is 24.9 Å². The number of unbranched alkanes of at least 4 members (excludes halogenated alkanes) is 10. The Morgan fingerprint density at radius 1 is 0.735 bits per heavy atom. The zero-order valence-electron chi connectivity index (χ0n) is 22.3. The van der Waals surface area contributed by atoms with E-state index in [0.717, 1.165) is 12.2 Å². The fourth-order valence-corrected chi connectivity index (χ4v) is 4.50. The van der Waals surface area contributed by atoms with Crippen molar-refractivity contribution in [3.05, 3.63) is 42.5 Å². The van der Waals surface area contributed by atoms with Crippen molar-refractivity contribution in [3.63, 3.8) is 0 Å². The molecular formula is C30H52O3S. The van der Waals surface area contributed by atoms with Gasteiger partial charge in [0.15, 0.2) is 6.29 Å². The number of allylic oxidation sites excluding steroid dienone is 2. The molecule has 0 aromatic heterocycles. The van der Waals surface area contributed by atoms with Gasteiger partial charge >= 0.3 is 0 Å². The minimum Gasteiger partial charge on any atom is -0.489 e. The lowest BCUT2D eigenvalue weighted by molar-refractivity contribution is -0.150. The molecule has 0 aliphatic carbocycles. The van der Waals surface area contributed by atoms with Gasteiger partial charge in [-0.2, -0.15) is 12.6 Å². The Bertz CT molecular complexity index is 572. The third-order valence-corrected chi connectivity index (χ3v) is 6.69. The molecule has 4 heteroatoms. The molecule has 0 aliphatic heterocycles. The molecule has 0 amide bonds. The van der Waals surface area contributed by atoms with Crippen LogP contribution < -0.4 is 4.74 Å². The zero-order chi connectivity index (χ0) is 24.7. The first-order valence-corrected chi connectivity index (χ1v) is 14.5. The van der Waals surface area contributed by atoms with Gasteiger partial charge in [-0.1, -0.05) is 88.6 Å². The summed E-state index contributed by atoms with van der Waals surface area (Å²) in [6.07, 6.45) is 22.0. The van der Waals surface area contributed by atoms with E-state index in [1.807, 2.05) is 44.2 Å². The highest BCUT2D eigenvalue weighted by Gasteiger charge is 2.25. The highest BCUT2D eigenvalue weighted by atomic mass is 32.1. The van der Waals surface area contributed by atoms with Gasteiger partial charge in [-0.15, -0.1) is 0 Å².